The Morgan fingerprint density at radius 3 is 2.68 bits per heavy atom. The zero-order chi connectivity index (χ0) is 16.4. The van der Waals surface area contributed by atoms with Crippen LogP contribution in [0.5, 0.6) is 11.5 Å². The van der Waals surface area contributed by atoms with Crippen LogP contribution in [0.15, 0.2) is 30.0 Å². The first-order valence-corrected chi connectivity index (χ1v) is 6.52. The summed E-state index contributed by atoms with van der Waals surface area (Å²) in [6.45, 7) is 0.970. The van der Waals surface area contributed by atoms with Crippen LogP contribution in [0.3, 0.4) is 0 Å². The average molecular weight is 305 g/mol. The maximum Gasteiger partial charge on any atom is 0.267 e. The topological polar surface area (TPSA) is 92.6 Å². The molecule has 1 aromatic carbocycles. The van der Waals surface area contributed by atoms with E-state index in [-0.39, 0.29) is 5.57 Å². The maximum atomic E-state index is 12.1. The van der Waals surface area contributed by atoms with Crippen LogP contribution in [-0.2, 0) is 9.53 Å². The van der Waals surface area contributed by atoms with Gasteiger partial charge in [0.1, 0.15) is 23.1 Å². The minimum atomic E-state index is -0.543. The van der Waals surface area contributed by atoms with Gasteiger partial charge in [0.25, 0.3) is 5.91 Å². The summed E-state index contributed by atoms with van der Waals surface area (Å²) in [6, 6.07) is 6.83. The third-order valence-electron chi connectivity index (χ3n) is 2.72. The molecule has 0 saturated heterocycles. The van der Waals surface area contributed by atoms with Crippen molar-refractivity contribution in [2.75, 3.05) is 39.8 Å². The Hall–Kier alpha value is -2.72. The number of carbonyl (C=O) groups is 1. The van der Waals surface area contributed by atoms with Gasteiger partial charge in [-0.25, -0.2) is 0 Å². The van der Waals surface area contributed by atoms with Crippen LogP contribution in [-0.4, -0.2) is 40.4 Å². The first-order valence-electron chi connectivity index (χ1n) is 6.52. The first kappa shape index (κ1) is 17.3. The van der Waals surface area contributed by atoms with Gasteiger partial charge in [0.05, 0.1) is 26.5 Å². The summed E-state index contributed by atoms with van der Waals surface area (Å²) in [6.07, 6.45) is 1.35. The normalized spacial score (nSPS) is 10.5. The Bertz CT molecular complexity index is 579. The van der Waals surface area contributed by atoms with Crippen LogP contribution in [0.25, 0.3) is 0 Å². The van der Waals surface area contributed by atoms with Crippen LogP contribution >= 0.6 is 0 Å². The van der Waals surface area contributed by atoms with Crippen molar-refractivity contribution in [1.29, 1.82) is 5.26 Å². The largest absolute Gasteiger partial charge is 0.497 e. The van der Waals surface area contributed by atoms with E-state index in [1.54, 1.807) is 25.3 Å². The lowest BCUT2D eigenvalue weighted by molar-refractivity contribution is -0.112. The van der Waals surface area contributed by atoms with Crippen LogP contribution in [0.1, 0.15) is 0 Å². The highest BCUT2D eigenvalue weighted by molar-refractivity contribution is 6.07. The molecule has 0 unspecified atom stereocenters. The molecule has 2 N–H and O–H groups in total. The fourth-order valence-electron chi connectivity index (χ4n) is 1.59. The maximum absolute atomic E-state index is 12.1. The molecule has 0 spiro atoms. The predicted octanol–water partition coefficient (Wildman–Crippen LogP) is 1.29. The standard InChI is InChI=1S/C15H19N3O4/c1-20-7-6-17-10-11(9-16)15(19)18-13-8-12(21-2)4-5-14(13)22-3/h4-5,8,10,17H,6-7H2,1-3H3,(H,18,19)/b11-10-. The zero-order valence-electron chi connectivity index (χ0n) is 12.8. The number of carbonyl (C=O) groups excluding carboxylic acids is 1. The molecule has 0 aliphatic carbocycles. The number of rotatable bonds is 8. The van der Waals surface area contributed by atoms with Crippen molar-refractivity contribution < 1.29 is 19.0 Å². The van der Waals surface area contributed by atoms with Crippen LogP contribution in [0, 0.1) is 11.3 Å². The third-order valence-corrected chi connectivity index (χ3v) is 2.72. The highest BCUT2D eigenvalue weighted by Crippen LogP contribution is 2.29. The second-order valence-corrected chi connectivity index (χ2v) is 4.14. The molecule has 0 aromatic heterocycles. The molecule has 0 aliphatic heterocycles. The molecule has 1 amide bonds. The predicted molar refractivity (Wildman–Crippen MR) is 81.8 cm³/mol. The fourth-order valence-corrected chi connectivity index (χ4v) is 1.59. The molecule has 1 rings (SSSR count). The minimum Gasteiger partial charge on any atom is -0.497 e. The molecule has 0 bridgehead atoms. The van der Waals surface area contributed by atoms with E-state index in [4.69, 9.17) is 19.5 Å². The van der Waals surface area contributed by atoms with Crippen molar-refractivity contribution in [3.8, 4) is 17.6 Å². The van der Waals surface area contributed by atoms with E-state index in [9.17, 15) is 4.79 Å². The van der Waals surface area contributed by atoms with E-state index in [0.29, 0.717) is 30.3 Å². The quantitative estimate of drug-likeness (QED) is 0.427. The van der Waals surface area contributed by atoms with Crippen molar-refractivity contribution in [2.45, 2.75) is 0 Å². The first-order chi connectivity index (χ1) is 10.7. The van der Waals surface area contributed by atoms with E-state index < -0.39 is 5.91 Å². The molecule has 0 radical (unpaired) electrons. The monoisotopic (exact) mass is 305 g/mol. The van der Waals surface area contributed by atoms with Gasteiger partial charge in [-0.1, -0.05) is 0 Å². The summed E-state index contributed by atoms with van der Waals surface area (Å²) in [5, 5.41) is 14.5. The number of nitrogens with one attached hydrogen (secondary N) is 2. The van der Waals surface area contributed by atoms with Gasteiger partial charge in [-0.05, 0) is 12.1 Å². The third kappa shape index (κ3) is 5.00. The van der Waals surface area contributed by atoms with E-state index in [2.05, 4.69) is 10.6 Å². The van der Waals surface area contributed by atoms with Crippen LogP contribution in [0.2, 0.25) is 0 Å². The van der Waals surface area contributed by atoms with Gasteiger partial charge < -0.3 is 24.8 Å². The van der Waals surface area contributed by atoms with Gasteiger partial charge >= 0.3 is 0 Å². The van der Waals surface area contributed by atoms with Crippen LogP contribution < -0.4 is 20.1 Å². The number of amides is 1. The van der Waals surface area contributed by atoms with Crippen LogP contribution in [0.4, 0.5) is 5.69 Å². The van der Waals surface area contributed by atoms with Gasteiger partial charge in [-0.3, -0.25) is 4.79 Å². The number of hydrogen-bond acceptors (Lipinski definition) is 6. The molecule has 7 heteroatoms. The van der Waals surface area contributed by atoms with Gasteiger partial charge in [0.15, 0.2) is 0 Å². The van der Waals surface area contributed by atoms with Crippen molar-refractivity contribution >= 4 is 11.6 Å². The van der Waals surface area contributed by atoms with E-state index in [0.717, 1.165) is 0 Å². The summed E-state index contributed by atoms with van der Waals surface area (Å²) in [5.41, 5.74) is 0.367. The Morgan fingerprint density at radius 1 is 1.32 bits per heavy atom. The molecule has 0 heterocycles. The van der Waals surface area contributed by atoms with E-state index in [1.807, 2.05) is 6.07 Å². The van der Waals surface area contributed by atoms with Gasteiger partial charge in [0.2, 0.25) is 0 Å². The molecule has 0 fully saturated rings. The Morgan fingerprint density at radius 2 is 2.09 bits per heavy atom. The number of methoxy groups -OCH3 is 3. The van der Waals surface area contributed by atoms with Crippen molar-refractivity contribution in [3.63, 3.8) is 0 Å². The molecular formula is C15H19N3O4. The minimum absolute atomic E-state index is 0.0547. The summed E-state index contributed by atoms with van der Waals surface area (Å²) >= 11 is 0. The Kier molecular flexibility index (Phi) is 7.29. The van der Waals surface area contributed by atoms with E-state index >= 15 is 0 Å². The molecule has 1 aromatic rings. The number of ether oxygens (including phenoxy) is 3. The molecule has 0 saturated carbocycles. The van der Waals surface area contributed by atoms with Gasteiger partial charge in [-0.2, -0.15) is 5.26 Å². The lowest BCUT2D eigenvalue weighted by Gasteiger charge is -2.11. The Balaban J connectivity index is 2.84. The van der Waals surface area contributed by atoms with Gasteiger partial charge in [-0.15, -0.1) is 0 Å². The summed E-state index contributed by atoms with van der Waals surface area (Å²) in [5.74, 6) is 0.495. The fraction of sp³-hybridized carbons (Fsp3) is 0.333. The molecule has 22 heavy (non-hydrogen) atoms. The molecule has 0 atom stereocenters. The van der Waals surface area contributed by atoms with Crippen molar-refractivity contribution in [3.05, 3.63) is 30.0 Å². The summed E-state index contributed by atoms with van der Waals surface area (Å²) < 4.78 is 15.1. The zero-order valence-corrected chi connectivity index (χ0v) is 12.8. The summed E-state index contributed by atoms with van der Waals surface area (Å²) in [4.78, 5) is 12.1. The van der Waals surface area contributed by atoms with Crippen molar-refractivity contribution in [1.82, 2.24) is 5.32 Å². The average Bonchev–Trinajstić information content (AvgIpc) is 2.54. The van der Waals surface area contributed by atoms with Gasteiger partial charge in [0, 0.05) is 25.9 Å². The highest BCUT2D eigenvalue weighted by atomic mass is 16.5. The lowest BCUT2D eigenvalue weighted by atomic mass is 10.2. The molecule has 118 valence electrons. The number of hydrogen-bond donors (Lipinski definition) is 2. The number of anilines is 1. The molecular weight excluding hydrogens is 286 g/mol. The van der Waals surface area contributed by atoms with E-state index in [1.165, 1.54) is 20.4 Å². The smallest absolute Gasteiger partial charge is 0.267 e. The molecule has 0 aliphatic rings. The lowest BCUT2D eigenvalue weighted by Crippen LogP contribution is -2.19. The second kappa shape index (κ2) is 9.26. The number of nitriles is 1. The Labute approximate surface area is 129 Å². The number of nitrogens with zero attached hydrogens (tertiary/aromatic N) is 1. The van der Waals surface area contributed by atoms with Crippen molar-refractivity contribution in [2.24, 2.45) is 0 Å². The second-order valence-electron chi connectivity index (χ2n) is 4.14. The highest BCUT2D eigenvalue weighted by Gasteiger charge is 2.13. The SMILES string of the molecule is COCCN/C=C(/C#N)C(=O)Nc1cc(OC)ccc1OC. The number of benzene rings is 1. The molecule has 7 nitrogen and oxygen atoms in total. The summed E-state index contributed by atoms with van der Waals surface area (Å²) in [7, 11) is 4.58.